The second kappa shape index (κ2) is 4.30. The van der Waals surface area contributed by atoms with Crippen molar-refractivity contribution < 1.29 is 19.0 Å². The van der Waals surface area contributed by atoms with Gasteiger partial charge in [-0.05, 0) is 38.7 Å². The largest absolute Gasteiger partial charge is 0.505 e. The van der Waals surface area contributed by atoms with Gasteiger partial charge in [-0.2, -0.15) is 4.89 Å². The molecule has 1 aliphatic rings. The second-order valence-corrected chi connectivity index (χ2v) is 6.55. The fraction of sp³-hybridized carbons (Fsp3) is 0.900. The number of rotatable bonds is 3. The number of hydrogen-bond donors (Lipinski definition) is 2. The summed E-state index contributed by atoms with van der Waals surface area (Å²) in [5.41, 5.74) is -0.900. The minimum atomic E-state index is -2.13. The zero-order valence-electron chi connectivity index (χ0n) is 10.1. The zero-order valence-corrected chi connectivity index (χ0v) is 11.0. The summed E-state index contributed by atoms with van der Waals surface area (Å²) >= 11 is 0. The van der Waals surface area contributed by atoms with E-state index in [0.717, 1.165) is 6.42 Å². The maximum atomic E-state index is 11.5. The molecule has 6 heteroatoms. The molecule has 1 saturated carbocycles. The van der Waals surface area contributed by atoms with Crippen LogP contribution in [0.4, 0.5) is 4.79 Å². The van der Waals surface area contributed by atoms with Crippen LogP contribution < -0.4 is 5.32 Å². The third-order valence-corrected chi connectivity index (χ3v) is 3.33. The van der Waals surface area contributed by atoms with Gasteiger partial charge in [0.15, 0.2) is 6.16 Å². The van der Waals surface area contributed by atoms with Gasteiger partial charge in [0.05, 0.1) is 0 Å². The minimum Gasteiger partial charge on any atom is -0.444 e. The molecule has 0 aromatic heterocycles. The molecule has 16 heavy (non-hydrogen) atoms. The monoisotopic (exact) mass is 248 g/mol. The van der Waals surface area contributed by atoms with Gasteiger partial charge in [-0.25, -0.2) is 4.79 Å². The van der Waals surface area contributed by atoms with Crippen molar-refractivity contribution in [1.29, 1.82) is 0 Å². The summed E-state index contributed by atoms with van der Waals surface area (Å²) in [7, 11) is -2.13. The lowest BCUT2D eigenvalue weighted by atomic mass is 10.2. The zero-order chi connectivity index (χ0) is 12.6. The van der Waals surface area contributed by atoms with Crippen molar-refractivity contribution in [2.24, 2.45) is 5.92 Å². The standard InChI is InChI=1S/C10H18NO4P/c1-9(2,3)15-8(12)11-10(4)5-7(10)6-16(13)14/h7H,5-6H2,1-4H3,(H-,11,12,13,14)/p+1/t7-,10-/m0/s1. The van der Waals surface area contributed by atoms with E-state index in [1.165, 1.54) is 0 Å². The quantitative estimate of drug-likeness (QED) is 0.749. The van der Waals surface area contributed by atoms with Gasteiger partial charge >= 0.3 is 14.1 Å². The van der Waals surface area contributed by atoms with Crippen LogP contribution in [0.2, 0.25) is 0 Å². The average molecular weight is 248 g/mol. The number of carbonyl (C=O) groups excluding carboxylic acids is 1. The van der Waals surface area contributed by atoms with E-state index in [0.29, 0.717) is 0 Å². The summed E-state index contributed by atoms with van der Waals surface area (Å²) < 4.78 is 15.8. The van der Waals surface area contributed by atoms with Crippen LogP contribution >= 0.6 is 8.03 Å². The van der Waals surface area contributed by atoms with Gasteiger partial charge in [-0.15, -0.1) is 0 Å². The first kappa shape index (κ1) is 13.4. The van der Waals surface area contributed by atoms with Gasteiger partial charge < -0.3 is 10.1 Å². The van der Waals surface area contributed by atoms with E-state index in [-0.39, 0.29) is 17.6 Å². The van der Waals surface area contributed by atoms with E-state index < -0.39 is 19.7 Å². The first-order valence-electron chi connectivity index (χ1n) is 5.27. The van der Waals surface area contributed by atoms with Crippen LogP contribution in [0.25, 0.3) is 0 Å². The normalized spacial score (nSPS) is 29.6. The fourth-order valence-electron chi connectivity index (χ4n) is 1.60. The molecule has 0 spiro atoms. The molecule has 0 radical (unpaired) electrons. The number of ether oxygens (including phenoxy) is 1. The summed E-state index contributed by atoms with van der Waals surface area (Å²) in [6.07, 6.45) is 0.501. The number of amides is 1. The van der Waals surface area contributed by atoms with Crippen molar-refractivity contribution in [3.63, 3.8) is 0 Å². The fourth-order valence-corrected chi connectivity index (χ4v) is 2.51. The average Bonchev–Trinajstić information content (AvgIpc) is 2.53. The third-order valence-electron chi connectivity index (χ3n) is 2.57. The lowest BCUT2D eigenvalue weighted by Crippen LogP contribution is -2.40. The predicted molar refractivity (Wildman–Crippen MR) is 60.6 cm³/mol. The molecule has 0 aromatic carbocycles. The van der Waals surface area contributed by atoms with Crippen molar-refractivity contribution in [2.45, 2.75) is 45.3 Å². The van der Waals surface area contributed by atoms with Gasteiger partial charge in [0.1, 0.15) is 5.60 Å². The summed E-state index contributed by atoms with van der Waals surface area (Å²) in [5, 5.41) is 2.74. The maximum absolute atomic E-state index is 11.5. The molecule has 1 unspecified atom stereocenters. The Balaban J connectivity index is 2.39. The Morgan fingerprint density at radius 1 is 1.62 bits per heavy atom. The Labute approximate surface area is 96.4 Å². The number of hydrogen-bond acceptors (Lipinski definition) is 3. The summed E-state index contributed by atoms with van der Waals surface area (Å²) in [6, 6.07) is 0. The van der Waals surface area contributed by atoms with E-state index in [2.05, 4.69) is 5.32 Å². The highest BCUT2D eigenvalue weighted by molar-refractivity contribution is 7.38. The van der Waals surface area contributed by atoms with Crippen molar-refractivity contribution in [3.05, 3.63) is 0 Å². The molecule has 2 N–H and O–H groups in total. The molecule has 1 aliphatic carbocycles. The number of carbonyl (C=O) groups is 1. The van der Waals surface area contributed by atoms with Crippen molar-refractivity contribution in [1.82, 2.24) is 5.32 Å². The van der Waals surface area contributed by atoms with Gasteiger partial charge in [-0.3, -0.25) is 0 Å². The van der Waals surface area contributed by atoms with Crippen molar-refractivity contribution in [2.75, 3.05) is 6.16 Å². The highest BCUT2D eigenvalue weighted by atomic mass is 31.1. The first-order valence-corrected chi connectivity index (χ1v) is 6.67. The Morgan fingerprint density at radius 2 is 2.19 bits per heavy atom. The van der Waals surface area contributed by atoms with E-state index in [4.69, 9.17) is 9.63 Å². The first-order chi connectivity index (χ1) is 7.12. The molecule has 1 fully saturated rings. The molecule has 0 aromatic rings. The molecular formula is C10H19NO4P+. The molecule has 0 bridgehead atoms. The van der Waals surface area contributed by atoms with Crippen LogP contribution in [-0.4, -0.2) is 28.3 Å². The molecule has 3 atom stereocenters. The van der Waals surface area contributed by atoms with Crippen molar-refractivity contribution in [3.8, 4) is 0 Å². The van der Waals surface area contributed by atoms with Gasteiger partial charge in [-0.1, -0.05) is 0 Å². The third kappa shape index (κ3) is 4.06. The molecule has 1 amide bonds. The SMILES string of the molecule is CC(C)(C)OC(=O)N[C@@]1(C)C[C@H]1C[P+](=O)O. The Morgan fingerprint density at radius 3 is 2.62 bits per heavy atom. The summed E-state index contributed by atoms with van der Waals surface area (Å²) in [5.74, 6) is 0.0774. The smallest absolute Gasteiger partial charge is 0.444 e. The highest BCUT2D eigenvalue weighted by Gasteiger charge is 2.55. The van der Waals surface area contributed by atoms with Gasteiger partial charge in [0.2, 0.25) is 0 Å². The maximum Gasteiger partial charge on any atom is 0.505 e. The van der Waals surface area contributed by atoms with Crippen molar-refractivity contribution >= 4 is 14.1 Å². The second-order valence-electron chi connectivity index (χ2n) is 5.48. The molecule has 92 valence electrons. The number of nitrogens with one attached hydrogen (secondary N) is 1. The van der Waals surface area contributed by atoms with E-state index in [1.54, 1.807) is 20.8 Å². The lowest BCUT2D eigenvalue weighted by Gasteiger charge is -2.22. The Hall–Kier alpha value is -0.670. The predicted octanol–water partition coefficient (Wildman–Crippen LogP) is 2.02. The molecule has 1 rings (SSSR count). The van der Waals surface area contributed by atoms with Crippen LogP contribution in [-0.2, 0) is 9.30 Å². The van der Waals surface area contributed by atoms with Gasteiger partial charge in [0, 0.05) is 11.5 Å². The molecule has 0 aliphatic heterocycles. The van der Waals surface area contributed by atoms with Crippen LogP contribution in [0.5, 0.6) is 0 Å². The van der Waals surface area contributed by atoms with Crippen LogP contribution in [0.15, 0.2) is 0 Å². The molecular weight excluding hydrogens is 229 g/mol. The number of alkyl carbamates (subject to hydrolysis) is 1. The topological polar surface area (TPSA) is 75.6 Å². The summed E-state index contributed by atoms with van der Waals surface area (Å²) in [6.45, 7) is 7.25. The van der Waals surface area contributed by atoms with E-state index in [1.807, 2.05) is 6.92 Å². The molecule has 5 nitrogen and oxygen atoms in total. The van der Waals surface area contributed by atoms with E-state index in [9.17, 15) is 9.36 Å². The Bertz CT molecular complexity index is 312. The summed E-state index contributed by atoms with van der Waals surface area (Å²) in [4.78, 5) is 20.3. The van der Waals surface area contributed by atoms with E-state index >= 15 is 0 Å². The minimum absolute atomic E-state index is 0.0774. The Kier molecular flexibility index (Phi) is 3.60. The van der Waals surface area contributed by atoms with Gasteiger partial charge in [0.25, 0.3) is 0 Å². The molecule has 0 heterocycles. The van der Waals surface area contributed by atoms with Crippen LogP contribution in [0.1, 0.15) is 34.1 Å². The van der Waals surface area contributed by atoms with Crippen LogP contribution in [0, 0.1) is 5.92 Å². The lowest BCUT2D eigenvalue weighted by molar-refractivity contribution is 0.0497. The van der Waals surface area contributed by atoms with Crippen LogP contribution in [0.3, 0.4) is 0 Å². The molecule has 0 saturated heterocycles. The highest BCUT2D eigenvalue weighted by Crippen LogP contribution is 2.46.